The summed E-state index contributed by atoms with van der Waals surface area (Å²) in [4.78, 5) is 21.9. The summed E-state index contributed by atoms with van der Waals surface area (Å²) in [6.07, 6.45) is 9.47. The van der Waals surface area contributed by atoms with Crippen LogP contribution in [-0.4, -0.2) is 25.5 Å². The summed E-state index contributed by atoms with van der Waals surface area (Å²) in [7, 11) is 1.28. The molecule has 0 aromatic carbocycles. The van der Waals surface area contributed by atoms with Crippen LogP contribution in [0.5, 0.6) is 0 Å². The summed E-state index contributed by atoms with van der Waals surface area (Å²) in [6.45, 7) is 2.85. The van der Waals surface area contributed by atoms with Crippen LogP contribution in [0.1, 0.15) is 45.4 Å². The fraction of sp³-hybridized carbons (Fsp3) is 0.692. The molecule has 1 amide bonds. The molecule has 0 unspecified atom stereocenters. The second-order valence-electron chi connectivity index (χ2n) is 3.92. The number of amides is 1. The molecule has 0 rings (SSSR count). The van der Waals surface area contributed by atoms with E-state index in [4.69, 9.17) is 0 Å². The minimum atomic E-state index is -0.514. The van der Waals surface area contributed by atoms with Gasteiger partial charge in [-0.3, -0.25) is 4.79 Å². The van der Waals surface area contributed by atoms with E-state index in [1.807, 2.05) is 0 Å². The van der Waals surface area contributed by atoms with Crippen molar-refractivity contribution in [2.45, 2.75) is 45.4 Å². The van der Waals surface area contributed by atoms with Crippen LogP contribution in [0, 0.1) is 0 Å². The predicted molar refractivity (Wildman–Crippen MR) is 67.5 cm³/mol. The maximum Gasteiger partial charge on any atom is 0.330 e. The summed E-state index contributed by atoms with van der Waals surface area (Å²) < 4.78 is 4.38. The van der Waals surface area contributed by atoms with Crippen LogP contribution in [0.2, 0.25) is 0 Å². The van der Waals surface area contributed by atoms with E-state index >= 15 is 0 Å². The van der Waals surface area contributed by atoms with Crippen molar-refractivity contribution in [1.29, 1.82) is 0 Å². The van der Waals surface area contributed by atoms with Gasteiger partial charge in [-0.05, 0) is 6.42 Å². The molecule has 98 valence electrons. The average Bonchev–Trinajstić information content (AvgIpc) is 2.34. The van der Waals surface area contributed by atoms with Crippen LogP contribution in [0.3, 0.4) is 0 Å². The first-order chi connectivity index (χ1) is 8.20. The number of hydrogen-bond acceptors (Lipinski definition) is 3. The van der Waals surface area contributed by atoms with E-state index in [2.05, 4.69) is 17.0 Å². The van der Waals surface area contributed by atoms with Crippen LogP contribution < -0.4 is 5.32 Å². The number of esters is 1. The molecule has 0 aliphatic rings. The Kier molecular flexibility index (Phi) is 10.3. The van der Waals surface area contributed by atoms with E-state index < -0.39 is 5.97 Å². The Labute approximate surface area is 103 Å². The van der Waals surface area contributed by atoms with Gasteiger partial charge < -0.3 is 10.1 Å². The van der Waals surface area contributed by atoms with Crippen molar-refractivity contribution in [2.75, 3.05) is 13.7 Å². The lowest BCUT2D eigenvalue weighted by Crippen LogP contribution is -2.22. The number of carbonyl (C=O) groups is 2. The van der Waals surface area contributed by atoms with Gasteiger partial charge in [0.2, 0.25) is 5.91 Å². The minimum absolute atomic E-state index is 0.246. The molecule has 0 aliphatic heterocycles. The SMILES string of the molecule is CCCCCCCCNC(=O)C=CC(=O)OC. The van der Waals surface area contributed by atoms with Crippen molar-refractivity contribution in [1.82, 2.24) is 5.32 Å². The Hall–Kier alpha value is -1.32. The Morgan fingerprint density at radius 1 is 1.06 bits per heavy atom. The molecule has 0 radical (unpaired) electrons. The first-order valence-corrected chi connectivity index (χ1v) is 6.24. The summed E-state index contributed by atoms with van der Waals surface area (Å²) in [5.74, 6) is -0.760. The maximum atomic E-state index is 11.2. The zero-order chi connectivity index (χ0) is 12.9. The molecule has 0 fully saturated rings. The molecule has 0 aromatic rings. The van der Waals surface area contributed by atoms with Gasteiger partial charge in [-0.15, -0.1) is 0 Å². The largest absolute Gasteiger partial charge is 0.466 e. The Morgan fingerprint density at radius 3 is 2.35 bits per heavy atom. The number of rotatable bonds is 9. The third-order valence-electron chi connectivity index (χ3n) is 2.40. The topological polar surface area (TPSA) is 55.4 Å². The lowest BCUT2D eigenvalue weighted by Gasteiger charge is -2.02. The van der Waals surface area contributed by atoms with Gasteiger partial charge in [0, 0.05) is 18.7 Å². The van der Waals surface area contributed by atoms with E-state index in [1.165, 1.54) is 38.9 Å². The number of ether oxygens (including phenoxy) is 1. The van der Waals surface area contributed by atoms with E-state index in [1.54, 1.807) is 0 Å². The molecule has 0 heterocycles. The third kappa shape index (κ3) is 11.0. The zero-order valence-electron chi connectivity index (χ0n) is 10.8. The number of unbranched alkanes of at least 4 members (excludes halogenated alkanes) is 5. The smallest absolute Gasteiger partial charge is 0.330 e. The van der Waals surface area contributed by atoms with Gasteiger partial charge in [0.05, 0.1) is 7.11 Å². The van der Waals surface area contributed by atoms with Crippen LogP contribution in [0.25, 0.3) is 0 Å². The van der Waals surface area contributed by atoms with Gasteiger partial charge in [0.1, 0.15) is 0 Å². The van der Waals surface area contributed by atoms with Crippen molar-refractivity contribution >= 4 is 11.9 Å². The third-order valence-corrected chi connectivity index (χ3v) is 2.40. The van der Waals surface area contributed by atoms with Gasteiger partial charge in [-0.1, -0.05) is 39.0 Å². The van der Waals surface area contributed by atoms with Gasteiger partial charge in [-0.2, -0.15) is 0 Å². The second kappa shape index (κ2) is 11.2. The molecule has 0 saturated heterocycles. The van der Waals surface area contributed by atoms with Crippen LogP contribution in [0.4, 0.5) is 0 Å². The summed E-state index contributed by atoms with van der Waals surface area (Å²) in [6, 6.07) is 0. The van der Waals surface area contributed by atoms with E-state index in [0.717, 1.165) is 18.9 Å². The molecule has 0 atom stereocenters. The quantitative estimate of drug-likeness (QED) is 0.382. The Bertz CT molecular complexity index is 249. The minimum Gasteiger partial charge on any atom is -0.466 e. The molecule has 1 N–H and O–H groups in total. The number of hydrogen-bond donors (Lipinski definition) is 1. The number of nitrogens with one attached hydrogen (secondary N) is 1. The molecule has 0 spiro atoms. The first-order valence-electron chi connectivity index (χ1n) is 6.24. The Balaban J connectivity index is 3.39. The van der Waals surface area contributed by atoms with Crippen LogP contribution in [-0.2, 0) is 14.3 Å². The second-order valence-corrected chi connectivity index (χ2v) is 3.92. The molecular formula is C13H23NO3. The number of methoxy groups -OCH3 is 1. The highest BCUT2D eigenvalue weighted by molar-refractivity contribution is 5.94. The molecule has 4 heteroatoms. The summed E-state index contributed by atoms with van der Waals surface area (Å²) in [5, 5.41) is 2.72. The monoisotopic (exact) mass is 241 g/mol. The molecule has 17 heavy (non-hydrogen) atoms. The van der Waals surface area contributed by atoms with Crippen molar-refractivity contribution < 1.29 is 14.3 Å². The van der Waals surface area contributed by atoms with Crippen molar-refractivity contribution in [2.24, 2.45) is 0 Å². The lowest BCUT2D eigenvalue weighted by molar-refractivity contribution is -0.135. The van der Waals surface area contributed by atoms with Crippen molar-refractivity contribution in [3.05, 3.63) is 12.2 Å². The molecule has 0 aliphatic carbocycles. The fourth-order valence-corrected chi connectivity index (χ4v) is 1.39. The van der Waals surface area contributed by atoms with Gasteiger partial charge in [-0.25, -0.2) is 4.79 Å². The molecule has 0 aromatic heterocycles. The molecular weight excluding hydrogens is 218 g/mol. The molecule has 0 saturated carbocycles. The van der Waals surface area contributed by atoms with E-state index in [-0.39, 0.29) is 5.91 Å². The van der Waals surface area contributed by atoms with Gasteiger partial charge >= 0.3 is 5.97 Å². The predicted octanol–water partition coefficient (Wildman–Crippen LogP) is 2.19. The maximum absolute atomic E-state index is 11.2. The highest BCUT2D eigenvalue weighted by Gasteiger charge is 1.97. The average molecular weight is 241 g/mol. The normalized spacial score (nSPS) is 10.5. The summed E-state index contributed by atoms with van der Waals surface area (Å²) >= 11 is 0. The van der Waals surface area contributed by atoms with Crippen molar-refractivity contribution in [3.63, 3.8) is 0 Å². The standard InChI is InChI=1S/C13H23NO3/c1-3-4-5-6-7-8-11-14-12(15)9-10-13(16)17-2/h9-10H,3-8,11H2,1-2H3,(H,14,15). The van der Waals surface area contributed by atoms with E-state index in [0.29, 0.717) is 6.54 Å². The van der Waals surface area contributed by atoms with Gasteiger partial charge in [0.25, 0.3) is 0 Å². The van der Waals surface area contributed by atoms with E-state index in [9.17, 15) is 9.59 Å². The molecule has 4 nitrogen and oxygen atoms in total. The summed E-state index contributed by atoms with van der Waals surface area (Å²) in [5.41, 5.74) is 0. The van der Waals surface area contributed by atoms with Crippen LogP contribution in [0.15, 0.2) is 12.2 Å². The fourth-order valence-electron chi connectivity index (χ4n) is 1.39. The van der Waals surface area contributed by atoms with Crippen molar-refractivity contribution in [3.8, 4) is 0 Å². The van der Waals surface area contributed by atoms with Crippen LogP contribution >= 0.6 is 0 Å². The lowest BCUT2D eigenvalue weighted by atomic mass is 10.1. The molecule has 0 bridgehead atoms. The first kappa shape index (κ1) is 15.7. The number of carbonyl (C=O) groups excluding carboxylic acids is 2. The highest BCUT2D eigenvalue weighted by Crippen LogP contribution is 2.03. The van der Waals surface area contributed by atoms with Gasteiger partial charge in [0.15, 0.2) is 0 Å². The highest BCUT2D eigenvalue weighted by atomic mass is 16.5. The zero-order valence-corrected chi connectivity index (χ0v) is 10.8. The Morgan fingerprint density at radius 2 is 1.71 bits per heavy atom.